The molecule has 0 aliphatic rings. The van der Waals surface area contributed by atoms with E-state index in [1.165, 1.54) is 18.2 Å². The zero-order valence-corrected chi connectivity index (χ0v) is 11.1. The molecule has 0 radical (unpaired) electrons. The Hall–Kier alpha value is -2.67. The summed E-state index contributed by atoms with van der Waals surface area (Å²) in [5.41, 5.74) is -0.00806. The molecule has 0 atom stereocenters. The van der Waals surface area contributed by atoms with Crippen LogP contribution in [-0.2, 0) is 0 Å². The molecule has 0 saturated carbocycles. The van der Waals surface area contributed by atoms with Gasteiger partial charge in [-0.2, -0.15) is 0 Å². The normalized spacial score (nSPS) is 10.2. The summed E-state index contributed by atoms with van der Waals surface area (Å²) in [6, 6.07) is 7.26. The molecule has 0 spiro atoms. The van der Waals surface area contributed by atoms with Crippen LogP contribution < -0.4 is 5.32 Å². The fourth-order valence-corrected chi connectivity index (χ4v) is 1.86. The molecule has 8 heteroatoms. The van der Waals surface area contributed by atoms with E-state index in [-0.39, 0.29) is 16.4 Å². The van der Waals surface area contributed by atoms with Gasteiger partial charge in [-0.3, -0.25) is 10.1 Å². The Morgan fingerprint density at radius 2 is 2.00 bits per heavy atom. The number of carbonyl (C=O) groups is 1. The molecule has 0 fully saturated rings. The van der Waals surface area contributed by atoms with E-state index in [1.807, 2.05) is 0 Å². The van der Waals surface area contributed by atoms with Gasteiger partial charge in [0.05, 0.1) is 21.2 Å². The van der Waals surface area contributed by atoms with Crippen molar-refractivity contribution in [3.63, 3.8) is 0 Å². The smallest absolute Gasteiger partial charge is 0.338 e. The van der Waals surface area contributed by atoms with Gasteiger partial charge >= 0.3 is 5.97 Å². The van der Waals surface area contributed by atoms with Crippen LogP contribution in [0, 0.1) is 15.9 Å². The molecular formula is C13H8ClFN2O4. The number of nitrogens with zero attached hydrogens (tertiary/aromatic N) is 1. The Morgan fingerprint density at radius 1 is 1.29 bits per heavy atom. The minimum atomic E-state index is -1.37. The summed E-state index contributed by atoms with van der Waals surface area (Å²) >= 11 is 5.89. The molecule has 0 amide bonds. The van der Waals surface area contributed by atoms with Gasteiger partial charge < -0.3 is 10.4 Å². The predicted molar refractivity (Wildman–Crippen MR) is 74.7 cm³/mol. The summed E-state index contributed by atoms with van der Waals surface area (Å²) in [7, 11) is 0. The monoisotopic (exact) mass is 310 g/mol. The molecule has 2 aromatic carbocycles. The van der Waals surface area contributed by atoms with E-state index in [1.54, 1.807) is 0 Å². The van der Waals surface area contributed by atoms with Gasteiger partial charge in [-0.05, 0) is 24.3 Å². The van der Waals surface area contributed by atoms with Gasteiger partial charge in [0, 0.05) is 17.8 Å². The number of rotatable bonds is 4. The maximum Gasteiger partial charge on any atom is 0.338 e. The van der Waals surface area contributed by atoms with Crippen molar-refractivity contribution in [2.24, 2.45) is 0 Å². The summed E-state index contributed by atoms with van der Waals surface area (Å²) in [5.74, 6) is -2.27. The second-order valence-corrected chi connectivity index (χ2v) is 4.45. The second-order valence-electron chi connectivity index (χ2n) is 4.05. The third kappa shape index (κ3) is 3.26. The Balaban J connectivity index is 2.28. The van der Waals surface area contributed by atoms with Crippen molar-refractivity contribution in [2.45, 2.75) is 0 Å². The molecule has 0 aliphatic carbocycles. The number of nitro benzene ring substituents is 1. The van der Waals surface area contributed by atoms with Crippen molar-refractivity contribution >= 4 is 34.6 Å². The minimum Gasteiger partial charge on any atom is -0.478 e. The first-order chi connectivity index (χ1) is 9.88. The maximum atomic E-state index is 13.5. The Bertz CT molecular complexity index is 736. The lowest BCUT2D eigenvalue weighted by Crippen LogP contribution is -2.01. The zero-order chi connectivity index (χ0) is 15.6. The first-order valence-electron chi connectivity index (χ1n) is 5.62. The number of carboxylic acids is 1. The highest BCUT2D eigenvalue weighted by molar-refractivity contribution is 6.33. The van der Waals surface area contributed by atoms with E-state index >= 15 is 0 Å². The van der Waals surface area contributed by atoms with Crippen LogP contribution in [0.15, 0.2) is 36.4 Å². The third-order valence-electron chi connectivity index (χ3n) is 2.64. The molecule has 2 aromatic rings. The number of benzene rings is 2. The van der Waals surface area contributed by atoms with Crippen LogP contribution in [0.3, 0.4) is 0 Å². The zero-order valence-electron chi connectivity index (χ0n) is 10.3. The summed E-state index contributed by atoms with van der Waals surface area (Å²) in [5, 5.41) is 22.2. The number of hydrogen-bond acceptors (Lipinski definition) is 4. The van der Waals surface area contributed by atoms with Crippen molar-refractivity contribution < 1.29 is 19.2 Å². The van der Waals surface area contributed by atoms with E-state index in [2.05, 4.69) is 5.32 Å². The number of anilines is 2. The van der Waals surface area contributed by atoms with Gasteiger partial charge in [0.15, 0.2) is 0 Å². The van der Waals surface area contributed by atoms with Gasteiger partial charge in [0.25, 0.3) is 5.69 Å². The molecule has 2 N–H and O–H groups in total. The molecule has 0 heterocycles. The van der Waals surface area contributed by atoms with Crippen molar-refractivity contribution in [3.8, 4) is 0 Å². The van der Waals surface area contributed by atoms with E-state index < -0.39 is 22.3 Å². The van der Waals surface area contributed by atoms with E-state index in [0.717, 1.165) is 18.2 Å². The van der Waals surface area contributed by atoms with Crippen LogP contribution in [0.2, 0.25) is 5.02 Å². The number of nitro groups is 1. The van der Waals surface area contributed by atoms with Crippen LogP contribution in [-0.4, -0.2) is 16.0 Å². The Labute approximate surface area is 122 Å². The molecule has 2 rings (SSSR count). The molecular weight excluding hydrogens is 303 g/mol. The Morgan fingerprint density at radius 3 is 2.52 bits per heavy atom. The number of nitrogens with one attached hydrogen (secondary N) is 1. The third-order valence-corrected chi connectivity index (χ3v) is 2.95. The summed E-state index contributed by atoms with van der Waals surface area (Å²) in [6.07, 6.45) is 0. The molecule has 0 saturated heterocycles. The van der Waals surface area contributed by atoms with Gasteiger partial charge in [-0.1, -0.05) is 11.6 Å². The second kappa shape index (κ2) is 5.76. The Kier molecular flexibility index (Phi) is 4.04. The first kappa shape index (κ1) is 14.7. The molecule has 6 nitrogen and oxygen atoms in total. The summed E-state index contributed by atoms with van der Waals surface area (Å²) in [6.45, 7) is 0. The molecule has 0 bridgehead atoms. The fourth-order valence-electron chi connectivity index (χ4n) is 1.64. The molecule has 0 aliphatic heterocycles. The van der Waals surface area contributed by atoms with Crippen molar-refractivity contribution in [1.82, 2.24) is 0 Å². The maximum absolute atomic E-state index is 13.5. The van der Waals surface area contributed by atoms with Gasteiger partial charge in [-0.15, -0.1) is 0 Å². The van der Waals surface area contributed by atoms with Crippen LogP contribution in [0.5, 0.6) is 0 Å². The average molecular weight is 311 g/mol. The highest BCUT2D eigenvalue weighted by Gasteiger charge is 2.12. The molecule has 21 heavy (non-hydrogen) atoms. The quantitative estimate of drug-likeness (QED) is 0.661. The first-order valence-corrected chi connectivity index (χ1v) is 6.00. The highest BCUT2D eigenvalue weighted by Crippen LogP contribution is 2.29. The van der Waals surface area contributed by atoms with E-state index in [9.17, 15) is 19.3 Å². The number of non-ortho nitro benzene ring substituents is 1. The van der Waals surface area contributed by atoms with Crippen LogP contribution >= 0.6 is 11.6 Å². The molecule has 108 valence electrons. The van der Waals surface area contributed by atoms with Gasteiger partial charge in [-0.25, -0.2) is 9.18 Å². The van der Waals surface area contributed by atoms with Gasteiger partial charge in [0.1, 0.15) is 5.82 Å². The summed E-state index contributed by atoms with van der Waals surface area (Å²) < 4.78 is 13.5. The number of halogens is 2. The van der Waals surface area contributed by atoms with Crippen LogP contribution in [0.1, 0.15) is 10.4 Å². The van der Waals surface area contributed by atoms with Gasteiger partial charge in [0.2, 0.25) is 0 Å². The standard InChI is InChI=1S/C13H8ClFN2O4/c14-10-6-8(17(20)21)2-4-12(10)16-7-1-3-9(13(18)19)11(15)5-7/h1-6,16H,(H,18,19). The largest absolute Gasteiger partial charge is 0.478 e. The van der Waals surface area contributed by atoms with E-state index in [0.29, 0.717) is 5.69 Å². The molecule has 0 aromatic heterocycles. The lowest BCUT2D eigenvalue weighted by molar-refractivity contribution is -0.384. The van der Waals surface area contributed by atoms with Crippen molar-refractivity contribution in [2.75, 3.05) is 5.32 Å². The molecule has 0 unspecified atom stereocenters. The average Bonchev–Trinajstić information content (AvgIpc) is 2.40. The van der Waals surface area contributed by atoms with Crippen molar-refractivity contribution in [3.05, 3.63) is 62.9 Å². The highest BCUT2D eigenvalue weighted by atomic mass is 35.5. The van der Waals surface area contributed by atoms with Crippen LogP contribution in [0.25, 0.3) is 0 Å². The number of carboxylic acid groups (broad SMARTS) is 1. The topological polar surface area (TPSA) is 92.5 Å². The summed E-state index contributed by atoms with van der Waals surface area (Å²) in [4.78, 5) is 20.7. The van der Waals surface area contributed by atoms with Crippen LogP contribution in [0.4, 0.5) is 21.5 Å². The lowest BCUT2D eigenvalue weighted by Gasteiger charge is -2.09. The number of hydrogen-bond donors (Lipinski definition) is 2. The lowest BCUT2D eigenvalue weighted by atomic mass is 10.2. The minimum absolute atomic E-state index is 0.0897. The number of aromatic carboxylic acids is 1. The predicted octanol–water partition coefficient (Wildman–Crippen LogP) is 3.83. The van der Waals surface area contributed by atoms with Crippen molar-refractivity contribution in [1.29, 1.82) is 0 Å². The SMILES string of the molecule is O=C(O)c1ccc(Nc2ccc([N+](=O)[O-])cc2Cl)cc1F. The van der Waals surface area contributed by atoms with E-state index in [4.69, 9.17) is 16.7 Å². The fraction of sp³-hybridized carbons (Fsp3) is 0.